The van der Waals surface area contributed by atoms with Gasteiger partial charge in [0.1, 0.15) is 10.8 Å². The van der Waals surface area contributed by atoms with Crippen LogP contribution in [0.5, 0.6) is 0 Å². The molecule has 1 aliphatic rings. The lowest BCUT2D eigenvalue weighted by Gasteiger charge is -2.35. The van der Waals surface area contributed by atoms with Gasteiger partial charge in [-0.05, 0) is 19.8 Å². The molecule has 0 saturated heterocycles. The Hall–Kier alpha value is -1.60. The minimum atomic E-state index is -0.492. The number of halogens is 1. The van der Waals surface area contributed by atoms with Crippen LogP contribution in [-0.2, 0) is 4.74 Å². The van der Waals surface area contributed by atoms with Gasteiger partial charge in [-0.25, -0.2) is 4.98 Å². The van der Waals surface area contributed by atoms with Crippen molar-refractivity contribution in [3.8, 4) is 0 Å². The van der Waals surface area contributed by atoms with E-state index in [2.05, 4.69) is 4.98 Å². The summed E-state index contributed by atoms with van der Waals surface area (Å²) in [7, 11) is 1.69. The number of nitro groups is 1. The van der Waals surface area contributed by atoms with Crippen LogP contribution in [0.2, 0.25) is 5.15 Å². The summed E-state index contributed by atoms with van der Waals surface area (Å²) in [6.07, 6.45) is 4.42. The SMILES string of the molecule is CCN(CC1(COC)CCCC1)c1cc(Cl)nc(N)c1[N+](=O)[O-]. The van der Waals surface area contributed by atoms with Gasteiger partial charge in [-0.1, -0.05) is 24.4 Å². The average Bonchev–Trinajstić information content (AvgIpc) is 2.92. The number of ether oxygens (including phenoxy) is 1. The molecule has 128 valence electrons. The van der Waals surface area contributed by atoms with Crippen molar-refractivity contribution in [1.29, 1.82) is 0 Å². The summed E-state index contributed by atoms with van der Waals surface area (Å²) in [6, 6.07) is 1.52. The van der Waals surface area contributed by atoms with Crippen LogP contribution in [-0.4, -0.2) is 36.7 Å². The van der Waals surface area contributed by atoms with Gasteiger partial charge < -0.3 is 15.4 Å². The van der Waals surface area contributed by atoms with Crippen LogP contribution in [0.15, 0.2) is 6.07 Å². The van der Waals surface area contributed by atoms with Gasteiger partial charge in [0.15, 0.2) is 0 Å². The molecule has 1 saturated carbocycles. The predicted molar refractivity (Wildman–Crippen MR) is 91.0 cm³/mol. The number of nitrogens with two attached hydrogens (primary N) is 1. The first-order valence-corrected chi connectivity index (χ1v) is 8.14. The highest BCUT2D eigenvalue weighted by molar-refractivity contribution is 6.30. The first-order chi connectivity index (χ1) is 10.9. The number of hydrogen-bond acceptors (Lipinski definition) is 6. The number of anilines is 2. The van der Waals surface area contributed by atoms with Crippen molar-refractivity contribution in [3.63, 3.8) is 0 Å². The van der Waals surface area contributed by atoms with E-state index in [1.807, 2.05) is 11.8 Å². The molecule has 0 amide bonds. The third-order valence-electron chi connectivity index (χ3n) is 4.51. The van der Waals surface area contributed by atoms with Gasteiger partial charge in [0.2, 0.25) is 5.82 Å². The lowest BCUT2D eigenvalue weighted by Crippen LogP contribution is -2.39. The molecule has 1 aromatic rings. The van der Waals surface area contributed by atoms with E-state index >= 15 is 0 Å². The zero-order valence-electron chi connectivity index (χ0n) is 13.5. The summed E-state index contributed by atoms with van der Waals surface area (Å²) in [4.78, 5) is 16.7. The van der Waals surface area contributed by atoms with Crippen LogP contribution >= 0.6 is 11.6 Å². The normalized spacial score (nSPS) is 16.5. The molecule has 0 spiro atoms. The molecule has 7 nitrogen and oxygen atoms in total. The molecule has 0 aromatic carbocycles. The third-order valence-corrected chi connectivity index (χ3v) is 4.71. The number of pyridine rings is 1. The number of rotatable bonds is 7. The van der Waals surface area contributed by atoms with Crippen LogP contribution in [0.1, 0.15) is 32.6 Å². The highest BCUT2D eigenvalue weighted by Gasteiger charge is 2.37. The zero-order valence-corrected chi connectivity index (χ0v) is 14.3. The smallest absolute Gasteiger partial charge is 0.334 e. The Morgan fingerprint density at radius 2 is 2.17 bits per heavy atom. The lowest BCUT2D eigenvalue weighted by atomic mass is 9.86. The monoisotopic (exact) mass is 342 g/mol. The number of methoxy groups -OCH3 is 1. The van der Waals surface area contributed by atoms with Crippen molar-refractivity contribution < 1.29 is 9.66 Å². The van der Waals surface area contributed by atoms with Crippen LogP contribution in [0.3, 0.4) is 0 Å². The molecule has 0 bridgehead atoms. The quantitative estimate of drug-likeness (QED) is 0.464. The van der Waals surface area contributed by atoms with E-state index < -0.39 is 4.92 Å². The Balaban J connectivity index is 2.39. The van der Waals surface area contributed by atoms with Crippen molar-refractivity contribution in [3.05, 3.63) is 21.3 Å². The van der Waals surface area contributed by atoms with Gasteiger partial charge in [-0.15, -0.1) is 0 Å². The maximum absolute atomic E-state index is 11.4. The van der Waals surface area contributed by atoms with E-state index in [0.717, 1.165) is 25.7 Å². The minimum absolute atomic E-state index is 0.0170. The molecule has 0 atom stereocenters. The second kappa shape index (κ2) is 7.31. The van der Waals surface area contributed by atoms with E-state index in [0.29, 0.717) is 25.4 Å². The van der Waals surface area contributed by atoms with Gasteiger partial charge in [0.05, 0.1) is 11.5 Å². The standard InChI is InChI=1S/C15H23ClN4O3/c1-3-19(9-15(10-23-2)6-4-5-7-15)11-8-12(16)18-14(17)13(11)20(21)22/h8H,3-7,9-10H2,1-2H3,(H2,17,18). The molecule has 0 radical (unpaired) electrons. The average molecular weight is 343 g/mol. The topological polar surface area (TPSA) is 94.5 Å². The Morgan fingerprint density at radius 1 is 1.52 bits per heavy atom. The predicted octanol–water partition coefficient (Wildman–Crippen LogP) is 3.26. The molecule has 0 unspecified atom stereocenters. The van der Waals surface area contributed by atoms with Crippen molar-refractivity contribution in [2.24, 2.45) is 5.41 Å². The van der Waals surface area contributed by atoms with E-state index in [1.165, 1.54) is 6.07 Å². The molecular weight excluding hydrogens is 320 g/mol. The van der Waals surface area contributed by atoms with Gasteiger partial charge in [0, 0.05) is 31.7 Å². The molecule has 1 aliphatic carbocycles. The Kier molecular flexibility index (Phi) is 5.64. The maximum Gasteiger partial charge on any atom is 0.334 e. The summed E-state index contributed by atoms with van der Waals surface area (Å²) in [5.74, 6) is -0.150. The zero-order chi connectivity index (χ0) is 17.0. The van der Waals surface area contributed by atoms with Crippen molar-refractivity contribution in [2.45, 2.75) is 32.6 Å². The number of hydrogen-bond donors (Lipinski definition) is 1. The van der Waals surface area contributed by atoms with Crippen molar-refractivity contribution in [1.82, 2.24) is 4.98 Å². The van der Waals surface area contributed by atoms with Crippen LogP contribution in [0.25, 0.3) is 0 Å². The fourth-order valence-corrected chi connectivity index (χ4v) is 3.69. The Labute approximate surface area is 140 Å². The minimum Gasteiger partial charge on any atom is -0.384 e. The summed E-state index contributed by atoms with van der Waals surface area (Å²) in [5, 5.41) is 11.6. The first-order valence-electron chi connectivity index (χ1n) is 7.77. The second-order valence-electron chi connectivity index (χ2n) is 6.11. The van der Waals surface area contributed by atoms with Crippen molar-refractivity contribution in [2.75, 3.05) is 37.4 Å². The van der Waals surface area contributed by atoms with Crippen molar-refractivity contribution >= 4 is 28.8 Å². The summed E-state index contributed by atoms with van der Waals surface area (Å²) >= 11 is 5.98. The van der Waals surface area contributed by atoms with Gasteiger partial charge in [-0.2, -0.15) is 0 Å². The fourth-order valence-electron chi connectivity index (χ4n) is 3.49. The van der Waals surface area contributed by atoms with Crippen LogP contribution < -0.4 is 10.6 Å². The van der Waals surface area contributed by atoms with Gasteiger partial charge >= 0.3 is 5.69 Å². The van der Waals surface area contributed by atoms with E-state index in [-0.39, 0.29) is 22.1 Å². The van der Waals surface area contributed by atoms with E-state index in [9.17, 15) is 10.1 Å². The largest absolute Gasteiger partial charge is 0.384 e. The molecule has 23 heavy (non-hydrogen) atoms. The number of nitrogens with zero attached hydrogens (tertiary/aromatic N) is 3. The third kappa shape index (κ3) is 3.84. The lowest BCUT2D eigenvalue weighted by molar-refractivity contribution is -0.383. The molecule has 2 rings (SSSR count). The molecule has 1 fully saturated rings. The van der Waals surface area contributed by atoms with E-state index in [4.69, 9.17) is 22.1 Å². The molecule has 1 heterocycles. The Bertz CT molecular complexity index is 576. The molecule has 0 aliphatic heterocycles. The van der Waals surface area contributed by atoms with Gasteiger partial charge in [0.25, 0.3) is 0 Å². The molecule has 2 N–H and O–H groups in total. The van der Waals surface area contributed by atoms with Crippen LogP contribution in [0.4, 0.5) is 17.2 Å². The summed E-state index contributed by atoms with van der Waals surface area (Å²) in [5.41, 5.74) is 5.99. The molecule has 8 heteroatoms. The summed E-state index contributed by atoms with van der Waals surface area (Å²) < 4.78 is 5.41. The fraction of sp³-hybridized carbons (Fsp3) is 0.667. The first kappa shape index (κ1) is 17.7. The second-order valence-corrected chi connectivity index (χ2v) is 6.50. The van der Waals surface area contributed by atoms with Gasteiger partial charge in [-0.3, -0.25) is 10.1 Å². The number of aromatic nitrogens is 1. The highest BCUT2D eigenvalue weighted by Crippen LogP contribution is 2.42. The molecule has 1 aromatic heterocycles. The molecular formula is C15H23ClN4O3. The van der Waals surface area contributed by atoms with Crippen LogP contribution in [0, 0.1) is 15.5 Å². The van der Waals surface area contributed by atoms with E-state index in [1.54, 1.807) is 7.11 Å². The Morgan fingerprint density at radius 3 is 2.70 bits per heavy atom. The summed E-state index contributed by atoms with van der Waals surface area (Å²) in [6.45, 7) is 3.90. The maximum atomic E-state index is 11.4. The number of nitrogen functional groups attached to an aromatic ring is 1. The highest BCUT2D eigenvalue weighted by atomic mass is 35.5.